The molecule has 1 aromatic heterocycles. The van der Waals surface area contributed by atoms with Crippen LogP contribution in [0.2, 0.25) is 0 Å². The number of benzene rings is 1. The van der Waals surface area contributed by atoms with E-state index in [4.69, 9.17) is 5.11 Å². The van der Waals surface area contributed by atoms with Crippen LogP contribution in [0.25, 0.3) is 10.8 Å². The van der Waals surface area contributed by atoms with E-state index in [1.54, 1.807) is 0 Å². The number of nitrogens with one attached hydrogen (secondary N) is 1. The number of piperidine rings is 1. The predicted molar refractivity (Wildman–Crippen MR) is 86.5 cm³/mol. The number of aliphatic hydroxyl groups excluding tert-OH is 1. The standard InChI is InChI=1S/C17H23N3O/c21-12-2-9-20-10-6-15(7-11-20)19-17-4-1-3-14-13-18-8-5-16(14)17/h1,3-5,8,13,15,19,21H,2,6-7,9-12H2. The van der Waals surface area contributed by atoms with Gasteiger partial charge in [-0.15, -0.1) is 0 Å². The van der Waals surface area contributed by atoms with Crippen molar-refractivity contribution < 1.29 is 5.11 Å². The largest absolute Gasteiger partial charge is 0.396 e. The number of hydrogen-bond acceptors (Lipinski definition) is 4. The molecule has 4 nitrogen and oxygen atoms in total. The Balaban J connectivity index is 1.62. The van der Waals surface area contributed by atoms with Gasteiger partial charge in [0.1, 0.15) is 0 Å². The Morgan fingerprint density at radius 2 is 2.10 bits per heavy atom. The molecule has 0 radical (unpaired) electrons. The summed E-state index contributed by atoms with van der Waals surface area (Å²) in [5, 5.41) is 15.0. The molecule has 2 N–H and O–H groups in total. The molecule has 1 aliphatic rings. The van der Waals surface area contributed by atoms with Crippen LogP contribution >= 0.6 is 0 Å². The Kier molecular flexibility index (Phi) is 4.68. The van der Waals surface area contributed by atoms with Crippen LogP contribution in [0.1, 0.15) is 19.3 Å². The number of pyridine rings is 1. The smallest absolute Gasteiger partial charge is 0.0443 e. The van der Waals surface area contributed by atoms with E-state index in [1.807, 2.05) is 12.4 Å². The zero-order valence-corrected chi connectivity index (χ0v) is 12.3. The molecule has 2 heterocycles. The molecule has 0 saturated carbocycles. The highest BCUT2D eigenvalue weighted by molar-refractivity contribution is 5.93. The minimum absolute atomic E-state index is 0.294. The highest BCUT2D eigenvalue weighted by Gasteiger charge is 2.18. The molecule has 4 heteroatoms. The third kappa shape index (κ3) is 3.52. The van der Waals surface area contributed by atoms with Gasteiger partial charge in [-0.05, 0) is 31.4 Å². The summed E-state index contributed by atoms with van der Waals surface area (Å²) in [4.78, 5) is 6.63. The fourth-order valence-electron chi connectivity index (χ4n) is 3.06. The number of rotatable bonds is 5. The van der Waals surface area contributed by atoms with E-state index in [0.717, 1.165) is 38.9 Å². The summed E-state index contributed by atoms with van der Waals surface area (Å²) < 4.78 is 0. The van der Waals surface area contributed by atoms with Crippen molar-refractivity contribution in [2.24, 2.45) is 0 Å². The lowest BCUT2D eigenvalue weighted by Gasteiger charge is -2.33. The summed E-state index contributed by atoms with van der Waals surface area (Å²) in [6.07, 6.45) is 6.97. The lowest BCUT2D eigenvalue weighted by molar-refractivity contribution is 0.192. The second-order valence-corrected chi connectivity index (χ2v) is 5.74. The van der Waals surface area contributed by atoms with E-state index in [-0.39, 0.29) is 0 Å². The molecular formula is C17H23N3O. The summed E-state index contributed by atoms with van der Waals surface area (Å²) in [6, 6.07) is 8.96. The van der Waals surface area contributed by atoms with E-state index in [2.05, 4.69) is 39.5 Å². The van der Waals surface area contributed by atoms with E-state index < -0.39 is 0 Å². The molecule has 112 valence electrons. The molecule has 0 aliphatic carbocycles. The lowest BCUT2D eigenvalue weighted by atomic mass is 10.0. The minimum Gasteiger partial charge on any atom is -0.396 e. The van der Waals surface area contributed by atoms with Crippen LogP contribution < -0.4 is 5.32 Å². The summed E-state index contributed by atoms with van der Waals surface area (Å²) in [5.74, 6) is 0. The van der Waals surface area contributed by atoms with Crippen LogP contribution in [0, 0.1) is 0 Å². The maximum atomic E-state index is 8.90. The van der Waals surface area contributed by atoms with Crippen molar-refractivity contribution in [2.75, 3.05) is 31.6 Å². The molecule has 0 spiro atoms. The van der Waals surface area contributed by atoms with Gasteiger partial charge in [-0.1, -0.05) is 12.1 Å². The number of aromatic nitrogens is 1. The molecule has 0 unspecified atom stereocenters. The van der Waals surface area contributed by atoms with Crippen LogP contribution in [-0.2, 0) is 0 Å². The first-order chi connectivity index (χ1) is 10.4. The summed E-state index contributed by atoms with van der Waals surface area (Å²) >= 11 is 0. The van der Waals surface area contributed by atoms with E-state index in [0.29, 0.717) is 12.6 Å². The van der Waals surface area contributed by atoms with Gasteiger partial charge < -0.3 is 15.3 Å². The molecule has 2 aromatic rings. The molecule has 0 bridgehead atoms. The fraction of sp³-hybridized carbons (Fsp3) is 0.471. The first-order valence-electron chi connectivity index (χ1n) is 7.79. The molecule has 3 rings (SSSR count). The van der Waals surface area contributed by atoms with Crippen molar-refractivity contribution in [1.29, 1.82) is 0 Å². The second kappa shape index (κ2) is 6.87. The van der Waals surface area contributed by atoms with Crippen molar-refractivity contribution in [3.05, 3.63) is 36.7 Å². The summed E-state index contributed by atoms with van der Waals surface area (Å²) in [6.45, 7) is 3.54. The van der Waals surface area contributed by atoms with Crippen molar-refractivity contribution >= 4 is 16.5 Å². The number of hydrogen-bond donors (Lipinski definition) is 2. The van der Waals surface area contributed by atoms with Gasteiger partial charge in [0.25, 0.3) is 0 Å². The zero-order chi connectivity index (χ0) is 14.5. The maximum Gasteiger partial charge on any atom is 0.0443 e. The Bertz CT molecular complexity index is 574. The van der Waals surface area contributed by atoms with Crippen LogP contribution in [-0.4, -0.2) is 47.3 Å². The number of aliphatic hydroxyl groups is 1. The molecule has 0 atom stereocenters. The van der Waals surface area contributed by atoms with Gasteiger partial charge in [0, 0.05) is 61.1 Å². The normalized spacial score (nSPS) is 17.2. The molecule has 1 fully saturated rings. The molecule has 1 aliphatic heterocycles. The monoisotopic (exact) mass is 285 g/mol. The molecule has 1 aromatic carbocycles. The van der Waals surface area contributed by atoms with Gasteiger partial charge in [-0.2, -0.15) is 0 Å². The second-order valence-electron chi connectivity index (χ2n) is 5.74. The van der Waals surface area contributed by atoms with Crippen molar-refractivity contribution in [3.63, 3.8) is 0 Å². The Morgan fingerprint density at radius 1 is 1.24 bits per heavy atom. The molecule has 21 heavy (non-hydrogen) atoms. The topological polar surface area (TPSA) is 48.4 Å². The summed E-state index contributed by atoms with van der Waals surface area (Å²) in [7, 11) is 0. The average Bonchev–Trinajstić information content (AvgIpc) is 2.55. The van der Waals surface area contributed by atoms with Gasteiger partial charge in [-0.25, -0.2) is 0 Å². The Labute approximate surface area is 125 Å². The van der Waals surface area contributed by atoms with Crippen molar-refractivity contribution in [1.82, 2.24) is 9.88 Å². The number of likely N-dealkylation sites (tertiary alicyclic amines) is 1. The van der Waals surface area contributed by atoms with E-state index >= 15 is 0 Å². The van der Waals surface area contributed by atoms with E-state index in [1.165, 1.54) is 16.5 Å². The highest BCUT2D eigenvalue weighted by atomic mass is 16.3. The van der Waals surface area contributed by atoms with Gasteiger partial charge in [0.15, 0.2) is 0 Å². The average molecular weight is 285 g/mol. The predicted octanol–water partition coefficient (Wildman–Crippen LogP) is 2.49. The number of fused-ring (bicyclic) bond motifs is 1. The molecular weight excluding hydrogens is 262 g/mol. The quantitative estimate of drug-likeness (QED) is 0.886. The first kappa shape index (κ1) is 14.3. The fourth-order valence-corrected chi connectivity index (χ4v) is 3.06. The lowest BCUT2D eigenvalue weighted by Crippen LogP contribution is -2.39. The summed E-state index contributed by atoms with van der Waals surface area (Å²) in [5.41, 5.74) is 1.21. The zero-order valence-electron chi connectivity index (χ0n) is 12.3. The van der Waals surface area contributed by atoms with Gasteiger partial charge >= 0.3 is 0 Å². The molecule has 0 amide bonds. The van der Waals surface area contributed by atoms with Crippen molar-refractivity contribution in [3.8, 4) is 0 Å². The van der Waals surface area contributed by atoms with Gasteiger partial charge in [0.2, 0.25) is 0 Å². The van der Waals surface area contributed by atoms with Crippen LogP contribution in [0.4, 0.5) is 5.69 Å². The van der Waals surface area contributed by atoms with Crippen LogP contribution in [0.3, 0.4) is 0 Å². The third-order valence-corrected chi connectivity index (χ3v) is 4.26. The minimum atomic E-state index is 0.294. The highest BCUT2D eigenvalue weighted by Crippen LogP contribution is 2.25. The van der Waals surface area contributed by atoms with Crippen molar-refractivity contribution in [2.45, 2.75) is 25.3 Å². The maximum absolute atomic E-state index is 8.90. The SMILES string of the molecule is OCCCN1CCC(Nc2cccc3cnccc23)CC1. The first-order valence-corrected chi connectivity index (χ1v) is 7.79. The number of anilines is 1. The van der Waals surface area contributed by atoms with Gasteiger partial charge in [0.05, 0.1) is 0 Å². The molecule has 1 saturated heterocycles. The van der Waals surface area contributed by atoms with Crippen LogP contribution in [0.15, 0.2) is 36.7 Å². The van der Waals surface area contributed by atoms with Gasteiger partial charge in [-0.3, -0.25) is 4.98 Å². The Morgan fingerprint density at radius 3 is 2.90 bits per heavy atom. The van der Waals surface area contributed by atoms with E-state index in [9.17, 15) is 0 Å². The third-order valence-electron chi connectivity index (χ3n) is 4.26. The Hall–Kier alpha value is -1.65. The number of nitrogens with zero attached hydrogens (tertiary/aromatic N) is 2. The van der Waals surface area contributed by atoms with Crippen LogP contribution in [0.5, 0.6) is 0 Å².